The Kier molecular flexibility index (Phi) is 7.55. The van der Waals surface area contributed by atoms with Gasteiger partial charge in [-0.25, -0.2) is 0 Å². The summed E-state index contributed by atoms with van der Waals surface area (Å²) in [6.07, 6.45) is -4.32. The van der Waals surface area contributed by atoms with Crippen molar-refractivity contribution in [2.75, 3.05) is 24.6 Å². The van der Waals surface area contributed by atoms with Crippen molar-refractivity contribution in [3.05, 3.63) is 59.5 Å². The Bertz CT molecular complexity index is 1250. The molecule has 1 atom stereocenters. The van der Waals surface area contributed by atoms with Crippen molar-refractivity contribution in [1.29, 1.82) is 0 Å². The molecule has 3 aromatic rings. The van der Waals surface area contributed by atoms with E-state index >= 15 is 0 Å². The van der Waals surface area contributed by atoms with E-state index in [2.05, 4.69) is 14.7 Å². The van der Waals surface area contributed by atoms with Gasteiger partial charge < -0.3 is 24.6 Å². The van der Waals surface area contributed by atoms with Crippen LogP contribution < -0.4 is 14.4 Å². The Morgan fingerprint density at radius 2 is 1.89 bits per heavy atom. The minimum atomic E-state index is -4.88. The summed E-state index contributed by atoms with van der Waals surface area (Å²) in [6, 6.07) is 8.49. The van der Waals surface area contributed by atoms with E-state index in [0.29, 0.717) is 5.56 Å². The number of hydrogen-bond acceptors (Lipinski definition) is 8. The summed E-state index contributed by atoms with van der Waals surface area (Å²) < 4.78 is 49.4. The molecule has 1 aromatic carbocycles. The van der Waals surface area contributed by atoms with Gasteiger partial charge in [0, 0.05) is 37.7 Å². The fourth-order valence-electron chi connectivity index (χ4n) is 3.96. The van der Waals surface area contributed by atoms with E-state index in [0.717, 1.165) is 17.8 Å². The number of carbonyl (C=O) groups excluding carboxylic acids is 1. The summed E-state index contributed by atoms with van der Waals surface area (Å²) in [5.41, 5.74) is 1.64. The molecule has 2 aromatic heterocycles. The molecule has 1 unspecified atom stereocenters. The predicted octanol–water partition coefficient (Wildman–Crippen LogP) is 3.27. The van der Waals surface area contributed by atoms with E-state index in [9.17, 15) is 28.2 Å². The van der Waals surface area contributed by atoms with Gasteiger partial charge in [-0.1, -0.05) is 12.1 Å². The lowest BCUT2D eigenvalue weighted by Gasteiger charge is -2.40. The molecular formula is C24H26F3N5O5. The van der Waals surface area contributed by atoms with Crippen molar-refractivity contribution in [3.8, 4) is 17.5 Å². The van der Waals surface area contributed by atoms with Crippen LogP contribution in [0.5, 0.6) is 17.5 Å². The van der Waals surface area contributed by atoms with Crippen molar-refractivity contribution < 1.29 is 37.7 Å². The van der Waals surface area contributed by atoms with Gasteiger partial charge >= 0.3 is 12.4 Å². The molecule has 1 aliphatic heterocycles. The number of aromatic nitrogens is 3. The van der Waals surface area contributed by atoms with Gasteiger partial charge in [-0.05, 0) is 44.0 Å². The van der Waals surface area contributed by atoms with Crippen LogP contribution in [0.3, 0.4) is 0 Å². The summed E-state index contributed by atoms with van der Waals surface area (Å²) in [5, 5.41) is 20.1. The maximum atomic E-state index is 13.5. The normalized spacial score (nSPS) is 15.6. The van der Waals surface area contributed by atoms with E-state index in [-0.39, 0.29) is 55.9 Å². The van der Waals surface area contributed by atoms with Gasteiger partial charge in [-0.2, -0.15) is 4.98 Å². The molecule has 198 valence electrons. The highest BCUT2D eigenvalue weighted by Crippen LogP contribution is 2.36. The van der Waals surface area contributed by atoms with Gasteiger partial charge in [-0.15, -0.1) is 13.2 Å². The fraction of sp³-hybridized carbons (Fsp3) is 0.375. The van der Waals surface area contributed by atoms with Gasteiger partial charge in [0.1, 0.15) is 11.5 Å². The molecule has 37 heavy (non-hydrogen) atoms. The number of halogens is 3. The van der Waals surface area contributed by atoms with Crippen molar-refractivity contribution >= 4 is 11.7 Å². The van der Waals surface area contributed by atoms with E-state index < -0.39 is 24.4 Å². The number of aliphatic hydroxyl groups excluding tert-OH is 2. The molecule has 2 N–H and O–H groups in total. The number of hydrogen-bond donors (Lipinski definition) is 2. The first-order valence-electron chi connectivity index (χ1n) is 11.5. The van der Waals surface area contributed by atoms with Crippen molar-refractivity contribution in [1.82, 2.24) is 19.4 Å². The van der Waals surface area contributed by atoms with E-state index in [4.69, 9.17) is 4.74 Å². The first-order valence-corrected chi connectivity index (χ1v) is 11.5. The summed E-state index contributed by atoms with van der Waals surface area (Å²) >= 11 is 0. The zero-order valence-electron chi connectivity index (χ0n) is 20.1. The number of imidazole rings is 1. The molecule has 3 heterocycles. The lowest BCUT2D eigenvalue weighted by atomic mass is 10.2. The van der Waals surface area contributed by atoms with Crippen LogP contribution in [0.25, 0.3) is 0 Å². The van der Waals surface area contributed by atoms with Crippen LogP contribution in [-0.2, 0) is 6.54 Å². The average molecular weight is 521 g/mol. The van der Waals surface area contributed by atoms with Gasteiger partial charge in [0.25, 0.3) is 5.91 Å². The standard InChI is InChI=1S/C24H26F3N5O5/c1-3-30-20-19(21(34)31(23(30)35)10-5-11-33)32(14-16-9-8-15(2)28-13-16)22(29-20)36-17-6-4-7-18(12-17)37-24(25,26)27/h4,6-9,12-13,23,33,35H,3,5,10-11,14H2,1-2H3. The largest absolute Gasteiger partial charge is 0.573 e. The zero-order chi connectivity index (χ0) is 26.7. The molecule has 0 saturated heterocycles. The van der Waals surface area contributed by atoms with Crippen molar-refractivity contribution in [2.24, 2.45) is 0 Å². The summed E-state index contributed by atoms with van der Waals surface area (Å²) in [4.78, 5) is 25.0. The SMILES string of the molecule is CCN1c2nc(Oc3cccc(OC(F)(F)F)c3)n(Cc3ccc(C)nc3)c2C(=O)N(CCCO)C1O. The molecule has 0 aliphatic carbocycles. The third-order valence-corrected chi connectivity index (χ3v) is 5.67. The number of aryl methyl sites for hydroxylation is 1. The van der Waals surface area contributed by atoms with Crippen molar-refractivity contribution in [2.45, 2.75) is 39.5 Å². The number of alkyl halides is 3. The highest BCUT2D eigenvalue weighted by atomic mass is 19.4. The van der Waals surface area contributed by atoms with Crippen LogP contribution in [-0.4, -0.2) is 68.0 Å². The number of anilines is 1. The number of rotatable bonds is 9. The van der Waals surface area contributed by atoms with Crippen LogP contribution in [0.4, 0.5) is 19.0 Å². The first kappa shape index (κ1) is 26.2. The number of pyridine rings is 1. The molecule has 4 rings (SSSR count). The molecule has 0 radical (unpaired) electrons. The van der Waals surface area contributed by atoms with E-state index in [1.54, 1.807) is 19.2 Å². The third-order valence-electron chi connectivity index (χ3n) is 5.67. The minimum Gasteiger partial charge on any atom is -0.425 e. The quantitative estimate of drug-likeness (QED) is 0.441. The number of amides is 1. The maximum absolute atomic E-state index is 13.5. The van der Waals surface area contributed by atoms with E-state index in [1.165, 1.54) is 26.5 Å². The smallest absolute Gasteiger partial charge is 0.425 e. The Morgan fingerprint density at radius 1 is 1.14 bits per heavy atom. The molecule has 1 aliphatic rings. The monoisotopic (exact) mass is 521 g/mol. The Morgan fingerprint density at radius 3 is 2.54 bits per heavy atom. The summed E-state index contributed by atoms with van der Waals surface area (Å²) in [5.74, 6) is -0.844. The Labute approximate surface area is 210 Å². The fourth-order valence-corrected chi connectivity index (χ4v) is 3.96. The van der Waals surface area contributed by atoms with E-state index in [1.807, 2.05) is 13.0 Å². The third kappa shape index (κ3) is 5.78. The average Bonchev–Trinajstić information content (AvgIpc) is 3.17. The molecule has 10 nitrogen and oxygen atoms in total. The van der Waals surface area contributed by atoms with Crippen molar-refractivity contribution in [3.63, 3.8) is 0 Å². The van der Waals surface area contributed by atoms with Gasteiger partial charge in [0.2, 0.25) is 6.35 Å². The number of fused-ring (bicyclic) bond motifs is 1. The van der Waals surface area contributed by atoms with Gasteiger partial charge in [-0.3, -0.25) is 19.2 Å². The molecule has 0 saturated carbocycles. The number of aliphatic hydroxyl groups is 2. The number of ether oxygens (including phenoxy) is 2. The number of nitrogens with zero attached hydrogens (tertiary/aromatic N) is 5. The molecule has 1 amide bonds. The second kappa shape index (κ2) is 10.6. The second-order valence-corrected chi connectivity index (χ2v) is 8.29. The minimum absolute atomic E-state index is 0.000519. The van der Waals surface area contributed by atoms with Crippen LogP contribution >= 0.6 is 0 Å². The zero-order valence-corrected chi connectivity index (χ0v) is 20.1. The Hall–Kier alpha value is -3.84. The number of carbonyl (C=O) groups is 1. The predicted molar refractivity (Wildman–Crippen MR) is 125 cm³/mol. The summed E-state index contributed by atoms with van der Waals surface area (Å²) in [6.45, 7) is 3.92. The molecular weight excluding hydrogens is 495 g/mol. The topological polar surface area (TPSA) is 113 Å². The van der Waals surface area contributed by atoms with Gasteiger partial charge in [0.05, 0.1) is 6.54 Å². The van der Waals surface area contributed by atoms with Crippen LogP contribution in [0.1, 0.15) is 35.1 Å². The lowest BCUT2D eigenvalue weighted by molar-refractivity contribution is -0.274. The molecule has 13 heteroatoms. The lowest BCUT2D eigenvalue weighted by Crippen LogP contribution is -2.56. The summed E-state index contributed by atoms with van der Waals surface area (Å²) in [7, 11) is 0. The molecule has 0 spiro atoms. The first-order chi connectivity index (χ1) is 17.6. The van der Waals surface area contributed by atoms with Crippen LogP contribution in [0, 0.1) is 6.92 Å². The van der Waals surface area contributed by atoms with Crippen LogP contribution in [0.2, 0.25) is 0 Å². The Balaban J connectivity index is 1.79. The highest BCUT2D eigenvalue weighted by molar-refractivity contribution is 6.00. The maximum Gasteiger partial charge on any atom is 0.573 e. The number of benzene rings is 1. The molecule has 0 fully saturated rings. The molecule has 0 bridgehead atoms. The highest BCUT2D eigenvalue weighted by Gasteiger charge is 2.41. The van der Waals surface area contributed by atoms with Crippen LogP contribution in [0.15, 0.2) is 42.6 Å². The second-order valence-electron chi connectivity index (χ2n) is 8.29. The van der Waals surface area contributed by atoms with Gasteiger partial charge in [0.15, 0.2) is 11.5 Å².